The highest BCUT2D eigenvalue weighted by molar-refractivity contribution is 7.12. The molecule has 1 rings (SSSR count). The first-order chi connectivity index (χ1) is 7.63. The van der Waals surface area contributed by atoms with Gasteiger partial charge in [-0.1, -0.05) is 20.3 Å². The van der Waals surface area contributed by atoms with Crippen LogP contribution >= 0.6 is 11.3 Å². The maximum Gasteiger partial charge on any atom is 0.302 e. The van der Waals surface area contributed by atoms with Crippen molar-refractivity contribution in [2.45, 2.75) is 46.0 Å². The average molecular weight is 240 g/mol. The number of esters is 1. The highest BCUT2D eigenvalue weighted by Gasteiger charge is 2.10. The van der Waals surface area contributed by atoms with Gasteiger partial charge in [0.05, 0.1) is 6.61 Å². The molecular formula is C13H20O2S. The van der Waals surface area contributed by atoms with Crippen LogP contribution in [-0.2, 0) is 16.0 Å². The Morgan fingerprint density at radius 1 is 1.50 bits per heavy atom. The largest absolute Gasteiger partial charge is 0.465 e. The van der Waals surface area contributed by atoms with Crippen molar-refractivity contribution in [1.29, 1.82) is 0 Å². The van der Waals surface area contributed by atoms with Crippen molar-refractivity contribution in [1.82, 2.24) is 0 Å². The Balaban J connectivity index is 2.46. The molecule has 1 heterocycles. The Hall–Kier alpha value is -0.830. The molecule has 0 aliphatic heterocycles. The van der Waals surface area contributed by atoms with Gasteiger partial charge in [0.2, 0.25) is 0 Å². The zero-order valence-electron chi connectivity index (χ0n) is 10.3. The normalized spacial score (nSPS) is 12.4. The summed E-state index contributed by atoms with van der Waals surface area (Å²) >= 11 is 1.84. The molecule has 0 amide bonds. The van der Waals surface area contributed by atoms with E-state index in [1.807, 2.05) is 11.3 Å². The molecule has 0 aliphatic carbocycles. The molecule has 0 radical (unpaired) electrons. The van der Waals surface area contributed by atoms with Crippen LogP contribution in [-0.4, -0.2) is 12.6 Å². The minimum Gasteiger partial charge on any atom is -0.465 e. The van der Waals surface area contributed by atoms with Crippen molar-refractivity contribution in [3.8, 4) is 0 Å². The number of aryl methyl sites for hydroxylation is 1. The van der Waals surface area contributed by atoms with Gasteiger partial charge < -0.3 is 4.74 Å². The fourth-order valence-corrected chi connectivity index (χ4v) is 2.56. The Morgan fingerprint density at radius 3 is 2.88 bits per heavy atom. The minimum atomic E-state index is -0.199. The van der Waals surface area contributed by atoms with Gasteiger partial charge in [-0.25, -0.2) is 0 Å². The summed E-state index contributed by atoms with van der Waals surface area (Å²) in [6.45, 7) is 6.24. The molecule has 0 saturated carbocycles. The fourth-order valence-electron chi connectivity index (χ4n) is 1.47. The second-order valence-electron chi connectivity index (χ2n) is 4.11. The van der Waals surface area contributed by atoms with E-state index in [0.29, 0.717) is 12.5 Å². The third-order valence-electron chi connectivity index (χ3n) is 2.48. The van der Waals surface area contributed by atoms with Gasteiger partial charge in [-0.3, -0.25) is 4.79 Å². The van der Waals surface area contributed by atoms with E-state index in [1.165, 1.54) is 35.9 Å². The summed E-state index contributed by atoms with van der Waals surface area (Å²) in [5.41, 5.74) is 0. The molecule has 0 bridgehead atoms. The van der Waals surface area contributed by atoms with Crippen LogP contribution in [0.4, 0.5) is 0 Å². The smallest absolute Gasteiger partial charge is 0.302 e. The molecule has 0 unspecified atom stereocenters. The first-order valence-corrected chi connectivity index (χ1v) is 6.67. The Kier molecular flexibility index (Phi) is 5.53. The number of rotatable bonds is 6. The third kappa shape index (κ3) is 4.35. The second-order valence-corrected chi connectivity index (χ2v) is 5.31. The lowest BCUT2D eigenvalue weighted by Crippen LogP contribution is -2.06. The summed E-state index contributed by atoms with van der Waals surface area (Å²) < 4.78 is 5.02. The molecule has 0 fully saturated rings. The second kappa shape index (κ2) is 6.69. The molecule has 1 aromatic heterocycles. The number of thiophene rings is 1. The van der Waals surface area contributed by atoms with Crippen LogP contribution in [0.3, 0.4) is 0 Å². The van der Waals surface area contributed by atoms with Gasteiger partial charge in [-0.2, -0.15) is 0 Å². The zero-order valence-corrected chi connectivity index (χ0v) is 11.1. The summed E-state index contributed by atoms with van der Waals surface area (Å²) in [5, 5.41) is 0. The molecule has 0 aliphatic rings. The zero-order chi connectivity index (χ0) is 12.0. The van der Waals surface area contributed by atoms with E-state index in [9.17, 15) is 4.79 Å². The van der Waals surface area contributed by atoms with Gasteiger partial charge in [0.25, 0.3) is 0 Å². The lowest BCUT2D eigenvalue weighted by atomic mass is 10.1. The molecule has 0 aromatic carbocycles. The Bertz CT molecular complexity index is 330. The number of carbonyl (C=O) groups is 1. The van der Waals surface area contributed by atoms with Gasteiger partial charge in [0.15, 0.2) is 0 Å². The van der Waals surface area contributed by atoms with E-state index < -0.39 is 0 Å². The number of carbonyl (C=O) groups excluding carboxylic acids is 1. The van der Waals surface area contributed by atoms with E-state index in [4.69, 9.17) is 4.74 Å². The van der Waals surface area contributed by atoms with Gasteiger partial charge in [-0.15, -0.1) is 11.3 Å². The van der Waals surface area contributed by atoms with Crippen LogP contribution < -0.4 is 0 Å². The standard InChI is InChI=1S/C13H20O2S/c1-4-5-6-12-7-8-13(16-12)10(2)9-15-11(3)14/h7-8,10H,4-6,9H2,1-3H3/t10-/m1/s1. The molecule has 3 heteroatoms. The summed E-state index contributed by atoms with van der Waals surface area (Å²) in [6.07, 6.45) is 3.65. The van der Waals surface area contributed by atoms with Crippen molar-refractivity contribution < 1.29 is 9.53 Å². The molecule has 0 saturated heterocycles. The molecule has 0 N–H and O–H groups in total. The van der Waals surface area contributed by atoms with E-state index in [-0.39, 0.29) is 5.97 Å². The maximum atomic E-state index is 10.7. The van der Waals surface area contributed by atoms with Crippen molar-refractivity contribution in [2.75, 3.05) is 6.61 Å². The number of ether oxygens (including phenoxy) is 1. The van der Waals surface area contributed by atoms with Crippen molar-refractivity contribution in [2.24, 2.45) is 0 Å². The predicted octanol–water partition coefficient (Wildman–Crippen LogP) is 3.76. The number of unbranched alkanes of at least 4 members (excludes halogenated alkanes) is 1. The monoisotopic (exact) mass is 240 g/mol. The molecular weight excluding hydrogens is 220 g/mol. The Morgan fingerprint density at radius 2 is 2.25 bits per heavy atom. The highest BCUT2D eigenvalue weighted by Crippen LogP contribution is 2.26. The van der Waals surface area contributed by atoms with E-state index in [0.717, 1.165) is 0 Å². The lowest BCUT2D eigenvalue weighted by molar-refractivity contribution is -0.141. The summed E-state index contributed by atoms with van der Waals surface area (Å²) in [5.74, 6) is 0.110. The minimum absolute atomic E-state index is 0.199. The van der Waals surface area contributed by atoms with Crippen LogP contribution in [0.1, 0.15) is 49.3 Å². The molecule has 0 spiro atoms. The number of hydrogen-bond acceptors (Lipinski definition) is 3. The lowest BCUT2D eigenvalue weighted by Gasteiger charge is -2.08. The topological polar surface area (TPSA) is 26.3 Å². The Labute approximate surface area is 102 Å². The summed E-state index contributed by atoms with van der Waals surface area (Å²) in [7, 11) is 0. The van der Waals surface area contributed by atoms with Crippen molar-refractivity contribution >= 4 is 17.3 Å². The van der Waals surface area contributed by atoms with E-state index >= 15 is 0 Å². The number of hydrogen-bond donors (Lipinski definition) is 0. The summed E-state index contributed by atoms with van der Waals surface area (Å²) in [4.78, 5) is 13.5. The molecule has 1 atom stereocenters. The van der Waals surface area contributed by atoms with Crippen LogP contribution in [0.15, 0.2) is 12.1 Å². The van der Waals surface area contributed by atoms with Gasteiger partial charge in [0, 0.05) is 22.6 Å². The van der Waals surface area contributed by atoms with Gasteiger partial charge in [-0.05, 0) is 25.0 Å². The van der Waals surface area contributed by atoms with Gasteiger partial charge >= 0.3 is 5.97 Å². The molecule has 1 aromatic rings. The van der Waals surface area contributed by atoms with Crippen molar-refractivity contribution in [3.05, 3.63) is 21.9 Å². The van der Waals surface area contributed by atoms with E-state index in [1.54, 1.807) is 0 Å². The highest BCUT2D eigenvalue weighted by atomic mass is 32.1. The molecule has 90 valence electrons. The van der Waals surface area contributed by atoms with Gasteiger partial charge in [0.1, 0.15) is 0 Å². The first-order valence-electron chi connectivity index (χ1n) is 5.85. The van der Waals surface area contributed by atoms with E-state index in [2.05, 4.69) is 26.0 Å². The molecule has 2 nitrogen and oxygen atoms in total. The predicted molar refractivity (Wildman–Crippen MR) is 68.0 cm³/mol. The average Bonchev–Trinajstić information content (AvgIpc) is 2.71. The quantitative estimate of drug-likeness (QED) is 0.708. The van der Waals surface area contributed by atoms with Crippen LogP contribution in [0.25, 0.3) is 0 Å². The summed E-state index contributed by atoms with van der Waals surface area (Å²) in [6, 6.07) is 4.35. The van der Waals surface area contributed by atoms with Crippen LogP contribution in [0.5, 0.6) is 0 Å². The van der Waals surface area contributed by atoms with Crippen LogP contribution in [0, 0.1) is 0 Å². The fraction of sp³-hybridized carbons (Fsp3) is 0.615. The first kappa shape index (κ1) is 13.2. The van der Waals surface area contributed by atoms with Crippen molar-refractivity contribution in [3.63, 3.8) is 0 Å². The third-order valence-corrected chi connectivity index (χ3v) is 3.86. The SMILES string of the molecule is CCCCc1ccc([C@H](C)COC(C)=O)s1. The molecule has 16 heavy (non-hydrogen) atoms. The maximum absolute atomic E-state index is 10.7. The van der Waals surface area contributed by atoms with Crippen LogP contribution in [0.2, 0.25) is 0 Å².